The second kappa shape index (κ2) is 9.43. The molecule has 2 aromatic rings. The van der Waals surface area contributed by atoms with Gasteiger partial charge in [-0.2, -0.15) is 0 Å². The molecule has 1 aliphatic rings. The molecule has 28 heavy (non-hydrogen) atoms. The van der Waals surface area contributed by atoms with Crippen LogP contribution in [0.3, 0.4) is 0 Å². The first kappa shape index (κ1) is 20.7. The quantitative estimate of drug-likeness (QED) is 0.698. The van der Waals surface area contributed by atoms with Gasteiger partial charge in [-0.15, -0.1) is 0 Å². The number of hydrogen-bond acceptors (Lipinski definition) is 3. The lowest BCUT2D eigenvalue weighted by molar-refractivity contribution is 0.0118. The summed E-state index contributed by atoms with van der Waals surface area (Å²) in [5.41, 5.74) is 1.03. The number of hydrogen-bond donors (Lipinski definition) is 1. The van der Waals surface area contributed by atoms with E-state index in [1.165, 1.54) is 18.2 Å². The van der Waals surface area contributed by atoms with Crippen molar-refractivity contribution in [3.63, 3.8) is 0 Å². The molecule has 3 rings (SSSR count). The van der Waals surface area contributed by atoms with Gasteiger partial charge >= 0.3 is 0 Å². The lowest BCUT2D eigenvalue weighted by Crippen LogP contribution is -2.21. The van der Waals surface area contributed by atoms with Gasteiger partial charge in [0, 0.05) is 11.1 Å². The van der Waals surface area contributed by atoms with E-state index in [2.05, 4.69) is 0 Å². The third-order valence-corrected chi connectivity index (χ3v) is 5.29. The summed E-state index contributed by atoms with van der Waals surface area (Å²) in [5.74, 6) is -1.82. The van der Waals surface area contributed by atoms with Crippen LogP contribution in [-0.4, -0.2) is 17.8 Å². The van der Waals surface area contributed by atoms with E-state index in [1.807, 2.05) is 13.0 Å². The molecule has 0 heterocycles. The fourth-order valence-corrected chi connectivity index (χ4v) is 3.68. The number of ether oxygens (including phenoxy) is 2. The van der Waals surface area contributed by atoms with Gasteiger partial charge in [0.15, 0.2) is 23.2 Å². The molecule has 0 spiro atoms. The Labute approximate surface area is 163 Å². The fourth-order valence-electron chi connectivity index (χ4n) is 3.68. The van der Waals surface area contributed by atoms with Crippen LogP contribution in [0.4, 0.5) is 13.2 Å². The molecule has 1 N–H and O–H groups in total. The van der Waals surface area contributed by atoms with Gasteiger partial charge in [0.1, 0.15) is 0 Å². The van der Waals surface area contributed by atoms with Crippen molar-refractivity contribution < 1.29 is 27.8 Å². The van der Waals surface area contributed by atoms with Gasteiger partial charge in [-0.1, -0.05) is 18.2 Å². The Bertz CT molecular complexity index is 802. The molecule has 2 aromatic carbocycles. The Hall–Kier alpha value is -2.05. The van der Waals surface area contributed by atoms with E-state index in [4.69, 9.17) is 14.6 Å². The van der Waals surface area contributed by atoms with E-state index in [9.17, 15) is 13.2 Å². The lowest BCUT2D eigenvalue weighted by Gasteiger charge is -2.29. The van der Waals surface area contributed by atoms with Crippen LogP contribution in [0.2, 0.25) is 0 Å². The van der Waals surface area contributed by atoms with E-state index in [-0.39, 0.29) is 41.3 Å². The van der Waals surface area contributed by atoms with Crippen LogP contribution in [0, 0.1) is 17.5 Å². The van der Waals surface area contributed by atoms with Crippen LogP contribution in [0.15, 0.2) is 30.3 Å². The van der Waals surface area contributed by atoms with Crippen molar-refractivity contribution in [2.45, 2.75) is 57.8 Å². The number of aliphatic hydroxyl groups is 1. The Balaban J connectivity index is 1.53. The Morgan fingerprint density at radius 2 is 1.64 bits per heavy atom. The summed E-state index contributed by atoms with van der Waals surface area (Å²) in [6, 6.07) is 7.93. The van der Waals surface area contributed by atoms with Gasteiger partial charge in [0.05, 0.1) is 25.9 Å². The van der Waals surface area contributed by atoms with Gasteiger partial charge in [-0.05, 0) is 56.2 Å². The van der Waals surface area contributed by atoms with Crippen molar-refractivity contribution in [2.75, 3.05) is 6.61 Å². The van der Waals surface area contributed by atoms with E-state index in [1.54, 1.807) is 6.07 Å². The summed E-state index contributed by atoms with van der Waals surface area (Å²) < 4.78 is 52.8. The summed E-state index contributed by atoms with van der Waals surface area (Å²) in [7, 11) is 0. The summed E-state index contributed by atoms with van der Waals surface area (Å²) in [6.07, 6.45) is 3.21. The SMILES string of the molecule is CCOc1ccc(C2CCC(OCc3ccc(CO)c(F)c3F)CC2)cc1F. The summed E-state index contributed by atoms with van der Waals surface area (Å²) >= 11 is 0. The Kier molecular flexibility index (Phi) is 6.97. The molecule has 0 aliphatic heterocycles. The fraction of sp³-hybridized carbons (Fsp3) is 0.455. The molecule has 3 nitrogen and oxygen atoms in total. The predicted molar refractivity (Wildman–Crippen MR) is 99.6 cm³/mol. The zero-order chi connectivity index (χ0) is 20.1. The summed E-state index contributed by atoms with van der Waals surface area (Å²) in [6.45, 7) is 1.68. The average molecular weight is 394 g/mol. The first-order valence-corrected chi connectivity index (χ1v) is 9.63. The van der Waals surface area contributed by atoms with Gasteiger partial charge < -0.3 is 14.6 Å². The van der Waals surface area contributed by atoms with Crippen LogP contribution in [0.25, 0.3) is 0 Å². The second-order valence-corrected chi connectivity index (χ2v) is 7.08. The highest BCUT2D eigenvalue weighted by molar-refractivity contribution is 5.31. The minimum atomic E-state index is -1.02. The molecule has 0 unspecified atom stereocenters. The molecule has 1 fully saturated rings. The third kappa shape index (κ3) is 4.67. The van der Waals surface area contributed by atoms with Crippen molar-refractivity contribution >= 4 is 0 Å². The highest BCUT2D eigenvalue weighted by atomic mass is 19.2. The minimum Gasteiger partial charge on any atom is -0.491 e. The largest absolute Gasteiger partial charge is 0.491 e. The molecule has 6 heteroatoms. The molecule has 1 saturated carbocycles. The van der Waals surface area contributed by atoms with E-state index < -0.39 is 18.2 Å². The van der Waals surface area contributed by atoms with Gasteiger partial charge in [0.2, 0.25) is 0 Å². The van der Waals surface area contributed by atoms with E-state index >= 15 is 0 Å². The van der Waals surface area contributed by atoms with Crippen molar-refractivity contribution in [1.82, 2.24) is 0 Å². The highest BCUT2D eigenvalue weighted by Crippen LogP contribution is 2.36. The van der Waals surface area contributed by atoms with Gasteiger partial charge in [-0.25, -0.2) is 13.2 Å². The number of benzene rings is 2. The van der Waals surface area contributed by atoms with Crippen LogP contribution < -0.4 is 4.74 Å². The van der Waals surface area contributed by atoms with Crippen LogP contribution in [0.5, 0.6) is 5.75 Å². The van der Waals surface area contributed by atoms with Gasteiger partial charge in [0.25, 0.3) is 0 Å². The minimum absolute atomic E-state index is 0.0124. The van der Waals surface area contributed by atoms with Gasteiger partial charge in [-0.3, -0.25) is 0 Å². The molecule has 0 saturated heterocycles. The second-order valence-electron chi connectivity index (χ2n) is 7.08. The molecular formula is C22H25F3O3. The highest BCUT2D eigenvalue weighted by Gasteiger charge is 2.24. The molecule has 0 amide bonds. The van der Waals surface area contributed by atoms with Crippen molar-refractivity contribution in [1.29, 1.82) is 0 Å². The first-order valence-electron chi connectivity index (χ1n) is 9.63. The lowest BCUT2D eigenvalue weighted by atomic mass is 9.82. The molecule has 0 aromatic heterocycles. The number of rotatable bonds is 7. The summed E-state index contributed by atoms with van der Waals surface area (Å²) in [5, 5.41) is 8.98. The smallest absolute Gasteiger partial charge is 0.165 e. The average Bonchev–Trinajstić information content (AvgIpc) is 2.71. The number of aliphatic hydroxyl groups excluding tert-OH is 1. The topological polar surface area (TPSA) is 38.7 Å². The molecule has 0 atom stereocenters. The maximum Gasteiger partial charge on any atom is 0.165 e. The molecule has 1 aliphatic carbocycles. The third-order valence-electron chi connectivity index (χ3n) is 5.29. The van der Waals surface area contributed by atoms with Crippen molar-refractivity contribution in [2.24, 2.45) is 0 Å². The maximum atomic E-state index is 14.1. The molecular weight excluding hydrogens is 369 g/mol. The van der Waals surface area contributed by atoms with Crippen molar-refractivity contribution in [3.8, 4) is 5.75 Å². The predicted octanol–water partition coefficient (Wildman–Crippen LogP) is 5.24. The number of halogens is 3. The van der Waals surface area contributed by atoms with Crippen molar-refractivity contribution in [3.05, 3.63) is 64.5 Å². The zero-order valence-corrected chi connectivity index (χ0v) is 15.9. The van der Waals surface area contributed by atoms with E-state index in [0.717, 1.165) is 31.2 Å². The molecule has 0 radical (unpaired) electrons. The summed E-state index contributed by atoms with van der Waals surface area (Å²) in [4.78, 5) is 0. The maximum absolute atomic E-state index is 14.1. The first-order chi connectivity index (χ1) is 13.5. The Morgan fingerprint density at radius 3 is 2.29 bits per heavy atom. The standard InChI is InChI=1S/C22H25F3O3/c1-2-27-20-10-7-15(11-19(20)23)14-5-8-18(9-6-14)28-13-17-4-3-16(12-26)21(24)22(17)25/h3-4,7,10-11,14,18,26H,2,5-6,8-9,12-13H2,1H3. The monoisotopic (exact) mass is 394 g/mol. The Morgan fingerprint density at radius 1 is 0.964 bits per heavy atom. The van der Waals surface area contributed by atoms with Crippen LogP contribution in [0.1, 0.15) is 55.2 Å². The zero-order valence-electron chi connectivity index (χ0n) is 15.9. The normalized spacial score (nSPS) is 19.6. The molecule has 152 valence electrons. The van der Waals surface area contributed by atoms with E-state index in [0.29, 0.717) is 6.61 Å². The van der Waals surface area contributed by atoms with Crippen LogP contribution >= 0.6 is 0 Å². The molecule has 0 bridgehead atoms. The van der Waals surface area contributed by atoms with Crippen LogP contribution in [-0.2, 0) is 18.0 Å².